The molecule has 140 valence electrons. The molecule has 1 atom stereocenters. The first kappa shape index (κ1) is 18.6. The lowest BCUT2D eigenvalue weighted by atomic mass is 10.0. The van der Waals surface area contributed by atoms with Gasteiger partial charge in [0.2, 0.25) is 0 Å². The number of halogens is 3. The van der Waals surface area contributed by atoms with E-state index in [0.717, 1.165) is 24.3 Å². The van der Waals surface area contributed by atoms with Crippen molar-refractivity contribution in [3.63, 3.8) is 0 Å². The zero-order chi connectivity index (χ0) is 19.7. The molecule has 3 aromatic rings. The molecule has 27 heavy (non-hydrogen) atoms. The summed E-state index contributed by atoms with van der Waals surface area (Å²) in [5, 5.41) is 15.9. The third kappa shape index (κ3) is 3.82. The molecular weight excluding hydrogens is 361 g/mol. The number of aryl methyl sites for hydroxylation is 1. The van der Waals surface area contributed by atoms with Crippen molar-refractivity contribution in [3.8, 4) is 11.3 Å². The molecule has 6 nitrogen and oxygen atoms in total. The molecule has 0 fully saturated rings. The quantitative estimate of drug-likeness (QED) is 0.733. The minimum atomic E-state index is -1.10. The van der Waals surface area contributed by atoms with Crippen LogP contribution in [0.2, 0.25) is 0 Å². The highest BCUT2D eigenvalue weighted by atomic mass is 19.1. The van der Waals surface area contributed by atoms with Crippen molar-refractivity contribution in [2.45, 2.75) is 13.0 Å². The van der Waals surface area contributed by atoms with Crippen molar-refractivity contribution >= 4 is 11.6 Å². The lowest BCUT2D eigenvalue weighted by molar-refractivity contribution is 0.102. The smallest absolute Gasteiger partial charge is 0.274 e. The molecule has 0 radical (unpaired) electrons. The predicted molar refractivity (Wildman–Crippen MR) is 91.3 cm³/mol. The first-order chi connectivity index (χ1) is 12.8. The van der Waals surface area contributed by atoms with Crippen molar-refractivity contribution in [1.29, 1.82) is 0 Å². The third-order valence-electron chi connectivity index (χ3n) is 3.83. The van der Waals surface area contributed by atoms with Crippen molar-refractivity contribution in [3.05, 3.63) is 65.4 Å². The van der Waals surface area contributed by atoms with E-state index in [1.807, 2.05) is 0 Å². The summed E-state index contributed by atoms with van der Waals surface area (Å²) < 4.78 is 44.3. The predicted octanol–water partition coefficient (Wildman–Crippen LogP) is 3.21. The molecule has 1 unspecified atom stereocenters. The molecule has 9 heteroatoms. The topological polar surface area (TPSA) is 80.0 Å². The number of aromatic nitrogens is 3. The van der Waals surface area contributed by atoms with Gasteiger partial charge in [0.1, 0.15) is 28.8 Å². The number of benzene rings is 1. The molecule has 2 heterocycles. The summed E-state index contributed by atoms with van der Waals surface area (Å²) >= 11 is 0. The highest BCUT2D eigenvalue weighted by molar-refractivity contribution is 6.03. The van der Waals surface area contributed by atoms with E-state index in [4.69, 9.17) is 0 Å². The Morgan fingerprint density at radius 3 is 2.41 bits per heavy atom. The van der Waals surface area contributed by atoms with Crippen molar-refractivity contribution in [1.82, 2.24) is 14.8 Å². The molecule has 0 saturated carbocycles. The highest BCUT2D eigenvalue weighted by Crippen LogP contribution is 2.30. The van der Waals surface area contributed by atoms with Gasteiger partial charge in [0.15, 0.2) is 0 Å². The molecule has 0 spiro atoms. The summed E-state index contributed by atoms with van der Waals surface area (Å²) in [6, 6.07) is 3.80. The summed E-state index contributed by atoms with van der Waals surface area (Å²) in [7, 11) is 1.66. The van der Waals surface area contributed by atoms with Crippen LogP contribution in [0.15, 0.2) is 36.7 Å². The average molecular weight is 376 g/mol. The van der Waals surface area contributed by atoms with E-state index in [9.17, 15) is 23.1 Å². The van der Waals surface area contributed by atoms with Crippen LogP contribution in [0.3, 0.4) is 0 Å². The summed E-state index contributed by atoms with van der Waals surface area (Å²) in [6.45, 7) is 1.34. The van der Waals surface area contributed by atoms with E-state index in [0.29, 0.717) is 5.69 Å². The molecule has 2 aromatic heterocycles. The van der Waals surface area contributed by atoms with Crippen LogP contribution >= 0.6 is 0 Å². The number of nitrogens with one attached hydrogen (secondary N) is 1. The number of pyridine rings is 1. The summed E-state index contributed by atoms with van der Waals surface area (Å²) in [6.07, 6.45) is 1.84. The summed E-state index contributed by atoms with van der Waals surface area (Å²) in [5.41, 5.74) is -1.20. The van der Waals surface area contributed by atoms with Crippen LogP contribution in [0.25, 0.3) is 11.3 Å². The maximum atomic E-state index is 14.4. The minimum Gasteiger partial charge on any atom is -0.389 e. The van der Waals surface area contributed by atoms with E-state index < -0.39 is 40.7 Å². The fraction of sp³-hybridized carbons (Fsp3) is 0.167. The molecule has 0 bridgehead atoms. The van der Waals surface area contributed by atoms with Crippen LogP contribution in [0.5, 0.6) is 0 Å². The summed E-state index contributed by atoms with van der Waals surface area (Å²) in [4.78, 5) is 16.1. The van der Waals surface area contributed by atoms with Crippen molar-refractivity contribution in [2.24, 2.45) is 7.05 Å². The van der Waals surface area contributed by atoms with Crippen molar-refractivity contribution in [2.75, 3.05) is 5.32 Å². The lowest BCUT2D eigenvalue weighted by Gasteiger charge is -2.11. The van der Waals surface area contributed by atoms with E-state index in [1.54, 1.807) is 7.05 Å². The number of nitrogens with zero attached hydrogens (tertiary/aromatic N) is 3. The molecule has 0 aliphatic carbocycles. The zero-order valence-electron chi connectivity index (χ0n) is 14.4. The number of carbonyl (C=O) groups is 1. The standard InChI is InChI=1S/C18H15F3N4O2/c1-9(26)10-5-13(20)16(14(21)6-10)17-12(19)3-4-15(24-17)18(27)23-11-7-22-25(2)8-11/h3-9,26H,1-2H3,(H,23,27). The molecular formula is C18H15F3N4O2. The number of hydrogen-bond donors (Lipinski definition) is 2. The SMILES string of the molecule is CC(O)c1cc(F)c(-c2nc(C(=O)Nc3cnn(C)c3)ccc2F)c(F)c1. The fourth-order valence-electron chi connectivity index (χ4n) is 2.48. The van der Waals surface area contributed by atoms with Crippen LogP contribution in [0, 0.1) is 17.5 Å². The normalized spacial score (nSPS) is 12.1. The van der Waals surface area contributed by atoms with E-state index in [1.165, 1.54) is 24.0 Å². The monoisotopic (exact) mass is 376 g/mol. The average Bonchev–Trinajstić information content (AvgIpc) is 3.00. The second-order valence-electron chi connectivity index (χ2n) is 5.92. The van der Waals surface area contributed by atoms with Crippen LogP contribution in [-0.2, 0) is 7.05 Å². The number of rotatable bonds is 4. The van der Waals surface area contributed by atoms with Crippen molar-refractivity contribution < 1.29 is 23.1 Å². The Kier molecular flexibility index (Phi) is 4.95. The highest BCUT2D eigenvalue weighted by Gasteiger charge is 2.21. The van der Waals surface area contributed by atoms with Gasteiger partial charge in [-0.3, -0.25) is 9.48 Å². The van der Waals surface area contributed by atoms with Gasteiger partial charge in [-0.2, -0.15) is 5.10 Å². The zero-order valence-corrected chi connectivity index (χ0v) is 14.4. The van der Waals surface area contributed by atoms with Gasteiger partial charge in [0.05, 0.1) is 23.6 Å². The second-order valence-corrected chi connectivity index (χ2v) is 5.92. The minimum absolute atomic E-state index is 0.000339. The van der Waals surface area contributed by atoms with Gasteiger partial charge < -0.3 is 10.4 Å². The van der Waals surface area contributed by atoms with Crippen LogP contribution in [0.1, 0.15) is 29.1 Å². The first-order valence-corrected chi connectivity index (χ1v) is 7.90. The Bertz CT molecular complexity index is 995. The first-order valence-electron chi connectivity index (χ1n) is 7.90. The van der Waals surface area contributed by atoms with Crippen LogP contribution < -0.4 is 5.32 Å². The number of aliphatic hydroxyl groups excluding tert-OH is 1. The number of anilines is 1. The van der Waals surface area contributed by atoms with Gasteiger partial charge >= 0.3 is 0 Å². The second kappa shape index (κ2) is 7.20. The van der Waals surface area contributed by atoms with Crippen LogP contribution in [-0.4, -0.2) is 25.8 Å². The van der Waals surface area contributed by atoms with Gasteiger partial charge in [0.25, 0.3) is 5.91 Å². The van der Waals surface area contributed by atoms with Gasteiger partial charge in [0, 0.05) is 13.2 Å². The molecule has 0 aliphatic heterocycles. The molecule has 1 amide bonds. The number of aliphatic hydroxyl groups is 1. The maximum absolute atomic E-state index is 14.4. The fourth-order valence-corrected chi connectivity index (χ4v) is 2.48. The number of carbonyl (C=O) groups excluding carboxylic acids is 1. The Hall–Kier alpha value is -3.20. The largest absolute Gasteiger partial charge is 0.389 e. The van der Waals surface area contributed by atoms with Gasteiger partial charge in [-0.1, -0.05) is 0 Å². The maximum Gasteiger partial charge on any atom is 0.274 e. The Morgan fingerprint density at radius 2 is 1.85 bits per heavy atom. The van der Waals surface area contributed by atoms with E-state index in [2.05, 4.69) is 15.4 Å². The summed E-state index contributed by atoms with van der Waals surface area (Å²) in [5.74, 6) is -3.87. The molecule has 0 aliphatic rings. The molecule has 0 saturated heterocycles. The Morgan fingerprint density at radius 1 is 1.19 bits per heavy atom. The van der Waals surface area contributed by atoms with Gasteiger partial charge in [-0.05, 0) is 36.8 Å². The molecule has 1 aromatic carbocycles. The lowest BCUT2D eigenvalue weighted by Crippen LogP contribution is -2.14. The molecule has 3 rings (SSSR count). The van der Waals surface area contributed by atoms with E-state index >= 15 is 0 Å². The Labute approximate surface area is 152 Å². The van der Waals surface area contributed by atoms with Crippen LogP contribution in [0.4, 0.5) is 18.9 Å². The molecule has 2 N–H and O–H groups in total. The number of amides is 1. The van der Waals surface area contributed by atoms with Gasteiger partial charge in [-0.15, -0.1) is 0 Å². The van der Waals surface area contributed by atoms with E-state index in [-0.39, 0.29) is 11.3 Å². The third-order valence-corrected chi connectivity index (χ3v) is 3.83. The van der Waals surface area contributed by atoms with Gasteiger partial charge in [-0.25, -0.2) is 18.2 Å². The number of hydrogen-bond acceptors (Lipinski definition) is 4. The Balaban J connectivity index is 2.00.